The molecule has 0 saturated heterocycles. The number of aryl methyl sites for hydroxylation is 2. The maximum absolute atomic E-state index is 5.84. The predicted molar refractivity (Wildman–Crippen MR) is 123 cm³/mol. The van der Waals surface area contributed by atoms with Crippen molar-refractivity contribution in [3.63, 3.8) is 0 Å². The minimum Gasteiger partial charge on any atom is -0.497 e. The van der Waals surface area contributed by atoms with E-state index in [-0.39, 0.29) is 0 Å². The van der Waals surface area contributed by atoms with Crippen molar-refractivity contribution in [2.45, 2.75) is 52.0 Å². The Balaban J connectivity index is 1.44. The fraction of sp³-hybridized carbons (Fsp3) is 0.609. The van der Waals surface area contributed by atoms with Crippen LogP contribution in [-0.4, -0.2) is 66.0 Å². The molecule has 0 spiro atoms. The Kier molecular flexibility index (Phi) is 8.99. The van der Waals surface area contributed by atoms with Gasteiger partial charge in [0.15, 0.2) is 5.96 Å². The van der Waals surface area contributed by atoms with Crippen LogP contribution in [0.2, 0.25) is 0 Å². The summed E-state index contributed by atoms with van der Waals surface area (Å²) in [7, 11) is 3.70. The Morgan fingerprint density at radius 1 is 1.16 bits per heavy atom. The molecule has 1 aromatic heterocycles. The third kappa shape index (κ3) is 6.87. The van der Waals surface area contributed by atoms with Crippen molar-refractivity contribution in [3.05, 3.63) is 35.9 Å². The number of nitrogens with one attached hydrogen (secondary N) is 1. The van der Waals surface area contributed by atoms with Gasteiger partial charge in [0.1, 0.15) is 29.8 Å². The maximum Gasteiger partial charge on any atom is 0.193 e. The first-order valence-corrected chi connectivity index (χ1v) is 11.4. The second-order valence-corrected chi connectivity index (χ2v) is 7.78. The summed E-state index contributed by atoms with van der Waals surface area (Å²) in [5.74, 6) is 4.83. The monoisotopic (exact) mass is 428 g/mol. The highest BCUT2D eigenvalue weighted by molar-refractivity contribution is 5.79. The molecule has 0 radical (unpaired) electrons. The topological polar surface area (TPSA) is 76.8 Å². The van der Waals surface area contributed by atoms with Gasteiger partial charge in [-0.1, -0.05) is 6.42 Å². The summed E-state index contributed by atoms with van der Waals surface area (Å²) in [6, 6.07) is 7.64. The molecule has 0 amide bonds. The second kappa shape index (κ2) is 12.2. The molecular formula is C23H36N6O2. The van der Waals surface area contributed by atoms with Gasteiger partial charge in [0.25, 0.3) is 0 Å². The second-order valence-electron chi connectivity index (χ2n) is 7.78. The molecule has 8 nitrogen and oxygen atoms in total. The van der Waals surface area contributed by atoms with Crippen LogP contribution in [0.15, 0.2) is 29.3 Å². The van der Waals surface area contributed by atoms with Crippen molar-refractivity contribution < 1.29 is 9.47 Å². The number of fused-ring (bicyclic) bond motifs is 1. The van der Waals surface area contributed by atoms with E-state index >= 15 is 0 Å². The molecule has 3 rings (SSSR count). The zero-order valence-corrected chi connectivity index (χ0v) is 19.1. The van der Waals surface area contributed by atoms with Crippen LogP contribution in [0.4, 0.5) is 0 Å². The third-order valence-electron chi connectivity index (χ3n) is 5.46. The molecule has 31 heavy (non-hydrogen) atoms. The average Bonchev–Trinajstić information content (AvgIpc) is 3.01. The minimum absolute atomic E-state index is 0.582. The molecule has 8 heteroatoms. The van der Waals surface area contributed by atoms with E-state index in [1.165, 1.54) is 19.3 Å². The molecule has 1 aliphatic rings. The van der Waals surface area contributed by atoms with Crippen LogP contribution in [0.5, 0.6) is 11.5 Å². The van der Waals surface area contributed by atoms with Crippen LogP contribution >= 0.6 is 0 Å². The Morgan fingerprint density at radius 2 is 1.97 bits per heavy atom. The summed E-state index contributed by atoms with van der Waals surface area (Å²) in [6.45, 7) is 6.06. The van der Waals surface area contributed by atoms with E-state index in [4.69, 9.17) is 14.5 Å². The Hall–Kier alpha value is -2.77. The molecular weight excluding hydrogens is 392 g/mol. The van der Waals surface area contributed by atoms with Gasteiger partial charge in [0.2, 0.25) is 0 Å². The van der Waals surface area contributed by atoms with E-state index in [2.05, 4.69) is 31.9 Å². The van der Waals surface area contributed by atoms with Crippen LogP contribution < -0.4 is 14.8 Å². The van der Waals surface area contributed by atoms with E-state index in [1.54, 1.807) is 7.11 Å². The third-order valence-corrected chi connectivity index (χ3v) is 5.46. The van der Waals surface area contributed by atoms with E-state index in [1.807, 2.05) is 31.3 Å². The molecule has 0 aliphatic carbocycles. The highest BCUT2D eigenvalue weighted by Gasteiger charge is 2.14. The SMILES string of the molecule is CCNC(=NCCCc1nnc2n1CCCCC2)N(C)CCOc1ccc(OC)cc1. The number of guanidine groups is 1. The van der Waals surface area contributed by atoms with Crippen LogP contribution in [-0.2, 0) is 19.4 Å². The summed E-state index contributed by atoms with van der Waals surface area (Å²) in [6.07, 6.45) is 6.67. The van der Waals surface area contributed by atoms with Crippen molar-refractivity contribution in [2.24, 2.45) is 4.99 Å². The van der Waals surface area contributed by atoms with E-state index in [0.29, 0.717) is 6.61 Å². The number of aliphatic imine (C=N–C) groups is 1. The standard InChI is InChI=1S/C23H36N6O2/c1-4-24-23(28(2)17-18-31-20-13-11-19(30-3)12-14-20)25-15-8-10-22-27-26-21-9-6-5-7-16-29(21)22/h11-14H,4-10,15-18H2,1-3H3,(H,24,25). The van der Waals surface area contributed by atoms with Crippen molar-refractivity contribution >= 4 is 5.96 Å². The van der Waals surface area contributed by atoms with Crippen molar-refractivity contribution in [1.82, 2.24) is 25.0 Å². The largest absolute Gasteiger partial charge is 0.497 e. The van der Waals surface area contributed by atoms with Crippen molar-refractivity contribution in [2.75, 3.05) is 40.4 Å². The minimum atomic E-state index is 0.582. The van der Waals surface area contributed by atoms with Crippen LogP contribution in [0.1, 0.15) is 44.3 Å². The Bertz CT molecular complexity index is 818. The van der Waals surface area contributed by atoms with E-state index in [0.717, 1.165) is 74.5 Å². The highest BCUT2D eigenvalue weighted by atomic mass is 16.5. The first-order valence-electron chi connectivity index (χ1n) is 11.4. The summed E-state index contributed by atoms with van der Waals surface area (Å²) in [5.41, 5.74) is 0. The zero-order valence-electron chi connectivity index (χ0n) is 19.1. The molecule has 1 aliphatic heterocycles. The fourth-order valence-corrected chi connectivity index (χ4v) is 3.70. The van der Waals surface area contributed by atoms with Crippen molar-refractivity contribution in [3.8, 4) is 11.5 Å². The molecule has 0 fully saturated rings. The number of benzene rings is 1. The lowest BCUT2D eigenvalue weighted by atomic mass is 10.2. The van der Waals surface area contributed by atoms with Crippen molar-refractivity contribution in [1.29, 1.82) is 0 Å². The van der Waals surface area contributed by atoms with Gasteiger partial charge in [-0.2, -0.15) is 0 Å². The van der Waals surface area contributed by atoms with Gasteiger partial charge in [0.05, 0.1) is 13.7 Å². The van der Waals surface area contributed by atoms with Gasteiger partial charge in [-0.3, -0.25) is 4.99 Å². The fourth-order valence-electron chi connectivity index (χ4n) is 3.70. The Labute approximate surface area is 185 Å². The van der Waals surface area contributed by atoms with Crippen LogP contribution in [0, 0.1) is 0 Å². The molecule has 1 aromatic carbocycles. The number of nitrogens with zero attached hydrogens (tertiary/aromatic N) is 5. The molecule has 0 atom stereocenters. The molecule has 1 N–H and O–H groups in total. The summed E-state index contributed by atoms with van der Waals surface area (Å²) < 4.78 is 13.3. The molecule has 2 aromatic rings. The normalized spacial score (nSPS) is 14.0. The van der Waals surface area contributed by atoms with E-state index < -0.39 is 0 Å². The number of methoxy groups -OCH3 is 1. The van der Waals surface area contributed by atoms with E-state index in [9.17, 15) is 0 Å². The zero-order chi connectivity index (χ0) is 21.9. The first kappa shape index (κ1) is 22.9. The van der Waals surface area contributed by atoms with Gasteiger partial charge < -0.3 is 24.3 Å². The predicted octanol–water partition coefficient (Wildman–Crippen LogP) is 2.92. The smallest absolute Gasteiger partial charge is 0.193 e. The molecule has 0 bridgehead atoms. The summed E-state index contributed by atoms with van der Waals surface area (Å²) in [5, 5.41) is 12.2. The number of ether oxygens (including phenoxy) is 2. The molecule has 0 unspecified atom stereocenters. The number of hydrogen-bond donors (Lipinski definition) is 1. The molecule has 0 saturated carbocycles. The van der Waals surface area contributed by atoms with Gasteiger partial charge in [-0.25, -0.2) is 0 Å². The number of aromatic nitrogens is 3. The molecule has 170 valence electrons. The van der Waals surface area contributed by atoms with Gasteiger partial charge in [0, 0.05) is 39.5 Å². The lowest BCUT2D eigenvalue weighted by molar-refractivity contribution is 0.281. The number of hydrogen-bond acceptors (Lipinski definition) is 5. The average molecular weight is 429 g/mol. The lowest BCUT2D eigenvalue weighted by Crippen LogP contribution is -2.41. The first-order chi connectivity index (χ1) is 15.2. The summed E-state index contributed by atoms with van der Waals surface area (Å²) >= 11 is 0. The van der Waals surface area contributed by atoms with Gasteiger partial charge in [-0.15, -0.1) is 10.2 Å². The number of likely N-dealkylation sites (N-methyl/N-ethyl adjacent to an activating group) is 1. The number of rotatable bonds is 10. The lowest BCUT2D eigenvalue weighted by Gasteiger charge is -2.22. The van der Waals surface area contributed by atoms with Gasteiger partial charge in [-0.05, 0) is 50.5 Å². The molecule has 2 heterocycles. The van der Waals surface area contributed by atoms with Crippen LogP contribution in [0.25, 0.3) is 0 Å². The Morgan fingerprint density at radius 3 is 2.74 bits per heavy atom. The summed E-state index contributed by atoms with van der Waals surface area (Å²) in [4.78, 5) is 6.90. The highest BCUT2D eigenvalue weighted by Crippen LogP contribution is 2.17. The quantitative estimate of drug-likeness (QED) is 0.356. The van der Waals surface area contributed by atoms with Gasteiger partial charge >= 0.3 is 0 Å². The van der Waals surface area contributed by atoms with Crippen LogP contribution in [0.3, 0.4) is 0 Å². The maximum atomic E-state index is 5.84.